The molecule has 0 spiro atoms. The SMILES string of the molecule is Cc1oc(-c2cccc(F)c2)nc1CC(=O)N1CCC(=O)c2ccccc21. The average molecular weight is 364 g/mol. The highest BCUT2D eigenvalue weighted by atomic mass is 19.1. The van der Waals surface area contributed by atoms with Gasteiger partial charge in [-0.25, -0.2) is 9.37 Å². The number of benzene rings is 2. The predicted molar refractivity (Wildman–Crippen MR) is 98.1 cm³/mol. The van der Waals surface area contributed by atoms with Gasteiger partial charge in [0.15, 0.2) is 5.78 Å². The maximum absolute atomic E-state index is 13.4. The number of aromatic nitrogens is 1. The molecule has 4 rings (SSSR count). The molecule has 0 aliphatic carbocycles. The van der Waals surface area contributed by atoms with Gasteiger partial charge in [-0.05, 0) is 37.3 Å². The van der Waals surface area contributed by atoms with Gasteiger partial charge >= 0.3 is 0 Å². The van der Waals surface area contributed by atoms with Crippen molar-refractivity contribution in [2.45, 2.75) is 19.8 Å². The molecule has 2 heterocycles. The summed E-state index contributed by atoms with van der Waals surface area (Å²) in [7, 11) is 0. The lowest BCUT2D eigenvalue weighted by Gasteiger charge is -2.28. The zero-order valence-corrected chi connectivity index (χ0v) is 14.7. The standard InChI is InChI=1S/C21H17FN2O3/c1-13-17(23-21(27-13)14-5-4-6-15(22)11-14)12-20(26)24-10-9-19(25)16-7-2-3-8-18(16)24/h2-8,11H,9-10,12H2,1H3. The number of carbonyl (C=O) groups is 2. The maximum atomic E-state index is 13.4. The quantitative estimate of drug-likeness (QED) is 0.706. The molecule has 1 aliphatic heterocycles. The first kappa shape index (κ1) is 17.1. The number of aryl methyl sites for hydroxylation is 1. The van der Waals surface area contributed by atoms with Gasteiger partial charge in [0.2, 0.25) is 11.8 Å². The Morgan fingerprint density at radius 2 is 2.04 bits per heavy atom. The zero-order valence-electron chi connectivity index (χ0n) is 14.7. The fraction of sp³-hybridized carbons (Fsp3) is 0.190. The maximum Gasteiger partial charge on any atom is 0.233 e. The molecule has 27 heavy (non-hydrogen) atoms. The molecular weight excluding hydrogens is 347 g/mol. The van der Waals surface area contributed by atoms with E-state index in [1.54, 1.807) is 48.2 Å². The number of fused-ring (bicyclic) bond motifs is 1. The second kappa shape index (κ2) is 6.79. The summed E-state index contributed by atoms with van der Waals surface area (Å²) >= 11 is 0. The topological polar surface area (TPSA) is 63.4 Å². The van der Waals surface area contributed by atoms with Crippen molar-refractivity contribution in [1.82, 2.24) is 4.98 Å². The van der Waals surface area contributed by atoms with Gasteiger partial charge in [0.05, 0.1) is 17.8 Å². The minimum atomic E-state index is -0.379. The molecule has 0 N–H and O–H groups in total. The van der Waals surface area contributed by atoms with Crippen molar-refractivity contribution in [2.24, 2.45) is 0 Å². The minimum absolute atomic E-state index is 0.0423. The number of carbonyl (C=O) groups excluding carboxylic acids is 2. The van der Waals surface area contributed by atoms with Crippen molar-refractivity contribution in [1.29, 1.82) is 0 Å². The molecule has 0 radical (unpaired) electrons. The van der Waals surface area contributed by atoms with E-state index in [4.69, 9.17) is 4.42 Å². The second-order valence-corrected chi connectivity index (χ2v) is 6.44. The number of hydrogen-bond acceptors (Lipinski definition) is 4. The summed E-state index contributed by atoms with van der Waals surface area (Å²) in [6, 6.07) is 13.1. The molecule has 0 bridgehead atoms. The van der Waals surface area contributed by atoms with E-state index in [1.807, 2.05) is 0 Å². The van der Waals surface area contributed by atoms with Crippen LogP contribution in [0.5, 0.6) is 0 Å². The summed E-state index contributed by atoms with van der Waals surface area (Å²) < 4.78 is 19.1. The molecule has 1 aliphatic rings. The van der Waals surface area contributed by atoms with E-state index < -0.39 is 0 Å². The first-order valence-corrected chi connectivity index (χ1v) is 8.68. The average Bonchev–Trinajstić information content (AvgIpc) is 3.03. The summed E-state index contributed by atoms with van der Waals surface area (Å²) in [5, 5.41) is 0. The Bertz CT molecular complexity index is 1040. The third-order valence-corrected chi connectivity index (χ3v) is 4.64. The van der Waals surface area contributed by atoms with E-state index in [0.717, 1.165) is 0 Å². The molecule has 0 saturated carbocycles. The lowest BCUT2D eigenvalue weighted by molar-refractivity contribution is -0.118. The molecule has 0 unspecified atom stereocenters. The normalized spacial score (nSPS) is 13.6. The fourth-order valence-electron chi connectivity index (χ4n) is 3.25. The smallest absolute Gasteiger partial charge is 0.233 e. The molecule has 136 valence electrons. The van der Waals surface area contributed by atoms with Gasteiger partial charge in [-0.1, -0.05) is 18.2 Å². The molecule has 0 fully saturated rings. The third-order valence-electron chi connectivity index (χ3n) is 4.64. The molecule has 1 aromatic heterocycles. The summed E-state index contributed by atoms with van der Waals surface area (Å²) in [6.45, 7) is 2.08. The van der Waals surface area contributed by atoms with Gasteiger partial charge in [-0.2, -0.15) is 0 Å². The minimum Gasteiger partial charge on any atom is -0.441 e. The van der Waals surface area contributed by atoms with Crippen LogP contribution in [-0.2, 0) is 11.2 Å². The number of rotatable bonds is 3. The van der Waals surface area contributed by atoms with Gasteiger partial charge in [-0.15, -0.1) is 0 Å². The van der Waals surface area contributed by atoms with E-state index in [9.17, 15) is 14.0 Å². The first-order valence-electron chi connectivity index (χ1n) is 8.68. The molecule has 0 saturated heterocycles. The highest BCUT2D eigenvalue weighted by Gasteiger charge is 2.28. The van der Waals surface area contributed by atoms with Crippen molar-refractivity contribution >= 4 is 17.4 Å². The number of Topliss-reactive ketones (excluding diaryl/α,β-unsaturated/α-hetero) is 1. The van der Waals surface area contributed by atoms with Gasteiger partial charge in [0.1, 0.15) is 11.6 Å². The predicted octanol–water partition coefficient (Wildman–Crippen LogP) is 3.95. The number of anilines is 1. The Hall–Kier alpha value is -3.28. The van der Waals surface area contributed by atoms with Crippen LogP contribution in [0.25, 0.3) is 11.5 Å². The summed E-state index contributed by atoms with van der Waals surface area (Å²) in [4.78, 5) is 30.9. The van der Waals surface area contributed by atoms with Gasteiger partial charge in [0.25, 0.3) is 0 Å². The Kier molecular flexibility index (Phi) is 4.32. The van der Waals surface area contributed by atoms with Crippen LogP contribution in [0.2, 0.25) is 0 Å². The van der Waals surface area contributed by atoms with Crippen LogP contribution < -0.4 is 4.90 Å². The molecular formula is C21H17FN2O3. The second-order valence-electron chi connectivity index (χ2n) is 6.44. The van der Waals surface area contributed by atoms with Gasteiger partial charge in [0, 0.05) is 24.1 Å². The van der Waals surface area contributed by atoms with Crippen LogP contribution in [0.15, 0.2) is 52.9 Å². The van der Waals surface area contributed by atoms with Gasteiger partial charge in [-0.3, -0.25) is 9.59 Å². The van der Waals surface area contributed by atoms with E-state index in [2.05, 4.69) is 4.98 Å². The van der Waals surface area contributed by atoms with Crippen molar-refractivity contribution in [2.75, 3.05) is 11.4 Å². The lowest BCUT2D eigenvalue weighted by Crippen LogP contribution is -2.38. The van der Waals surface area contributed by atoms with E-state index >= 15 is 0 Å². The number of para-hydroxylation sites is 1. The van der Waals surface area contributed by atoms with Crippen molar-refractivity contribution in [3.05, 3.63) is 71.4 Å². The third kappa shape index (κ3) is 3.26. The summed E-state index contributed by atoms with van der Waals surface area (Å²) in [5.74, 6) is 0.307. The number of ketones is 1. The Balaban J connectivity index is 1.59. The highest BCUT2D eigenvalue weighted by Crippen LogP contribution is 2.28. The first-order chi connectivity index (χ1) is 13.0. The van der Waals surface area contributed by atoms with Crippen LogP contribution >= 0.6 is 0 Å². The van der Waals surface area contributed by atoms with Crippen LogP contribution in [0.1, 0.15) is 28.2 Å². The Morgan fingerprint density at radius 1 is 1.22 bits per heavy atom. The lowest BCUT2D eigenvalue weighted by atomic mass is 10.00. The number of halogens is 1. The van der Waals surface area contributed by atoms with E-state index in [-0.39, 0.29) is 29.8 Å². The highest BCUT2D eigenvalue weighted by molar-refractivity contribution is 6.09. The van der Waals surface area contributed by atoms with Gasteiger partial charge < -0.3 is 9.32 Å². The number of hydrogen-bond donors (Lipinski definition) is 0. The largest absolute Gasteiger partial charge is 0.441 e. The zero-order chi connectivity index (χ0) is 19.0. The van der Waals surface area contributed by atoms with E-state index in [1.165, 1.54) is 12.1 Å². The van der Waals surface area contributed by atoms with Crippen LogP contribution in [-0.4, -0.2) is 23.2 Å². The van der Waals surface area contributed by atoms with Crippen molar-refractivity contribution < 1.29 is 18.4 Å². The van der Waals surface area contributed by atoms with E-state index in [0.29, 0.717) is 41.2 Å². The number of oxazole rings is 1. The van der Waals surface area contributed by atoms with Crippen LogP contribution in [0.4, 0.5) is 10.1 Å². The van der Waals surface area contributed by atoms with Crippen molar-refractivity contribution in [3.63, 3.8) is 0 Å². The molecule has 5 nitrogen and oxygen atoms in total. The molecule has 3 aromatic rings. The number of amides is 1. The fourth-order valence-corrected chi connectivity index (χ4v) is 3.25. The molecule has 0 atom stereocenters. The number of nitrogens with zero attached hydrogens (tertiary/aromatic N) is 2. The molecule has 1 amide bonds. The Morgan fingerprint density at radius 3 is 2.85 bits per heavy atom. The summed E-state index contributed by atoms with van der Waals surface area (Å²) in [6.07, 6.45) is 0.349. The van der Waals surface area contributed by atoms with Crippen molar-refractivity contribution in [3.8, 4) is 11.5 Å². The summed E-state index contributed by atoms with van der Waals surface area (Å²) in [5.41, 5.74) is 2.22. The van der Waals surface area contributed by atoms with Crippen LogP contribution in [0.3, 0.4) is 0 Å². The molecule has 6 heteroatoms. The Labute approximate surface area is 155 Å². The molecule has 2 aromatic carbocycles. The monoisotopic (exact) mass is 364 g/mol. The van der Waals surface area contributed by atoms with Crippen LogP contribution in [0, 0.1) is 12.7 Å².